The molecule has 0 radical (unpaired) electrons. The number of aromatic amines is 1. The van der Waals surface area contributed by atoms with Crippen molar-refractivity contribution in [3.8, 4) is 11.1 Å². The van der Waals surface area contributed by atoms with Crippen molar-refractivity contribution in [2.24, 2.45) is 0 Å². The predicted octanol–water partition coefficient (Wildman–Crippen LogP) is 5.13. The number of fused-ring (bicyclic) bond motifs is 3. The van der Waals surface area contributed by atoms with E-state index in [2.05, 4.69) is 10.3 Å². The smallest absolute Gasteiger partial charge is 0.344 e. The Bertz CT molecular complexity index is 3140. The van der Waals surface area contributed by atoms with E-state index in [1.165, 1.54) is 24.3 Å². The number of hydrogen-bond acceptors (Lipinski definition) is 12. The number of aromatic nitrogens is 1. The Hall–Kier alpha value is -6.25. The lowest BCUT2D eigenvalue weighted by Crippen LogP contribution is -2.26. The molecule has 1 aliphatic carbocycles. The Morgan fingerprint density at radius 2 is 1.39 bits per heavy atom. The number of pyridine rings is 1. The Morgan fingerprint density at radius 3 is 2.07 bits per heavy atom. The van der Waals surface area contributed by atoms with Gasteiger partial charge in [-0.25, -0.2) is 13.2 Å². The van der Waals surface area contributed by atoms with E-state index < -0.39 is 108 Å². The number of carboxylic acid groups (broad SMARTS) is 1. The molecule has 1 aliphatic rings. The molecule has 1 heterocycles. The molecule has 0 aliphatic heterocycles. The Morgan fingerprint density at radius 1 is 0.719 bits per heavy atom. The van der Waals surface area contributed by atoms with E-state index in [1.807, 2.05) is 30.3 Å². The summed E-state index contributed by atoms with van der Waals surface area (Å²) in [5.41, 5.74) is -3.52. The summed E-state index contributed by atoms with van der Waals surface area (Å²) >= 11 is 0. The van der Waals surface area contributed by atoms with Gasteiger partial charge in [0.15, 0.2) is 15.6 Å². The third-order valence-electron chi connectivity index (χ3n) is 9.25. The summed E-state index contributed by atoms with van der Waals surface area (Å²) in [5.74, 6) is -3.91. The van der Waals surface area contributed by atoms with Crippen molar-refractivity contribution < 1.29 is 58.6 Å². The molecule has 6 aromatic rings. The lowest BCUT2D eigenvalue weighted by atomic mass is 9.81. The van der Waals surface area contributed by atoms with Crippen LogP contribution >= 0.6 is 0 Å². The van der Waals surface area contributed by atoms with Crippen LogP contribution in [0.1, 0.15) is 44.7 Å². The van der Waals surface area contributed by atoms with E-state index in [9.17, 15) is 53.5 Å². The molecule has 16 nitrogen and oxygen atoms in total. The number of hydrogen-bond donors (Lipinski definition) is 5. The van der Waals surface area contributed by atoms with Crippen LogP contribution < -0.4 is 10.9 Å². The highest BCUT2D eigenvalue weighted by Gasteiger charge is 2.36. The molecule has 57 heavy (non-hydrogen) atoms. The number of aliphatic carboxylic acids is 1. The number of carboxylic acids is 1. The van der Waals surface area contributed by atoms with Gasteiger partial charge in [-0.1, -0.05) is 60.7 Å². The van der Waals surface area contributed by atoms with Crippen molar-refractivity contribution in [1.82, 2.24) is 4.98 Å². The molecule has 0 atom stereocenters. The van der Waals surface area contributed by atoms with Crippen LogP contribution in [0.4, 0.5) is 11.4 Å². The number of carbonyl (C=O) groups is 3. The fraction of sp³-hybridized carbons (Fsp3) is 0.105. The van der Waals surface area contributed by atoms with Gasteiger partial charge in [-0.15, -0.1) is 0 Å². The number of nitrogens with one attached hydrogen (secondary N) is 2. The van der Waals surface area contributed by atoms with Crippen molar-refractivity contribution >= 4 is 80.8 Å². The number of benzene rings is 5. The maximum absolute atomic E-state index is 14.3. The lowest BCUT2D eigenvalue weighted by Gasteiger charge is -2.25. The first-order valence-electron chi connectivity index (χ1n) is 16.7. The SMILES string of the molecule is O=C(O)CCCS(=O)(=O)c1ccc(Nc2cc(S(=O)(=O)O)c3[nH]c(=O)c(C(=O)OCc4ccc5ccccc5c4)c4c3c2C(=O)c2ccccc2-4)c(S(=O)(=O)O)c1. The largest absolute Gasteiger partial charge is 0.481 e. The molecular weight excluding hydrogens is 805 g/mol. The van der Waals surface area contributed by atoms with Gasteiger partial charge in [-0.05, 0) is 58.7 Å². The normalized spacial score (nSPS) is 12.7. The summed E-state index contributed by atoms with van der Waals surface area (Å²) < 4.78 is 103. The fourth-order valence-corrected chi connectivity index (χ4v) is 9.48. The summed E-state index contributed by atoms with van der Waals surface area (Å²) in [6.07, 6.45) is -0.816. The van der Waals surface area contributed by atoms with Crippen LogP contribution in [0.5, 0.6) is 0 Å². The van der Waals surface area contributed by atoms with Gasteiger partial charge >= 0.3 is 11.9 Å². The summed E-state index contributed by atoms with van der Waals surface area (Å²) in [5, 5.41) is 12.9. The van der Waals surface area contributed by atoms with E-state index >= 15 is 0 Å². The van der Waals surface area contributed by atoms with Crippen LogP contribution in [0.2, 0.25) is 0 Å². The maximum atomic E-state index is 14.3. The minimum atomic E-state index is -5.28. The molecule has 0 amide bonds. The maximum Gasteiger partial charge on any atom is 0.344 e. The van der Waals surface area contributed by atoms with Gasteiger partial charge in [-0.2, -0.15) is 16.8 Å². The number of carbonyl (C=O) groups excluding carboxylic acids is 2. The summed E-state index contributed by atoms with van der Waals surface area (Å²) in [6, 6.07) is 21.6. The molecule has 0 saturated carbocycles. The van der Waals surface area contributed by atoms with Crippen molar-refractivity contribution in [1.29, 1.82) is 0 Å². The molecule has 1 aromatic heterocycles. The highest BCUT2D eigenvalue weighted by Crippen LogP contribution is 2.46. The second-order valence-corrected chi connectivity index (χ2v) is 17.8. The number of sulfone groups is 1. The molecule has 19 heteroatoms. The molecule has 0 fully saturated rings. The highest BCUT2D eigenvalue weighted by molar-refractivity contribution is 7.91. The molecule has 5 N–H and O–H groups in total. The van der Waals surface area contributed by atoms with Crippen molar-refractivity contribution in [3.05, 3.63) is 124 Å². The van der Waals surface area contributed by atoms with E-state index in [0.29, 0.717) is 11.6 Å². The van der Waals surface area contributed by atoms with Gasteiger partial charge in [0.1, 0.15) is 22.0 Å². The average molecular weight is 833 g/mol. The quantitative estimate of drug-likeness (QED) is 0.0789. The zero-order valence-corrected chi connectivity index (χ0v) is 31.5. The minimum absolute atomic E-state index is 0.0262. The van der Waals surface area contributed by atoms with Gasteiger partial charge in [0.2, 0.25) is 0 Å². The molecular formula is C38H28N2O14S3. The topological polar surface area (TPSA) is 268 Å². The number of ketones is 1. The zero-order valence-electron chi connectivity index (χ0n) is 29.0. The van der Waals surface area contributed by atoms with E-state index in [4.69, 9.17) is 9.84 Å². The van der Waals surface area contributed by atoms with Crippen LogP contribution in [0.3, 0.4) is 0 Å². The number of anilines is 2. The fourth-order valence-electron chi connectivity index (χ4n) is 6.72. The molecule has 0 unspecified atom stereocenters. The first-order valence-corrected chi connectivity index (χ1v) is 21.2. The van der Waals surface area contributed by atoms with Gasteiger partial charge in [0, 0.05) is 22.9 Å². The van der Waals surface area contributed by atoms with Crippen LogP contribution in [-0.4, -0.2) is 67.9 Å². The van der Waals surface area contributed by atoms with Gasteiger partial charge < -0.3 is 20.1 Å². The summed E-state index contributed by atoms with van der Waals surface area (Å²) in [6.45, 7) is -0.296. The number of rotatable bonds is 12. The predicted molar refractivity (Wildman–Crippen MR) is 205 cm³/mol. The first-order chi connectivity index (χ1) is 26.8. The van der Waals surface area contributed by atoms with E-state index in [1.54, 1.807) is 12.1 Å². The first kappa shape index (κ1) is 39.0. The van der Waals surface area contributed by atoms with Crippen LogP contribution in [-0.2, 0) is 46.2 Å². The van der Waals surface area contributed by atoms with Crippen LogP contribution in [0, 0.1) is 0 Å². The van der Waals surface area contributed by atoms with E-state index in [0.717, 1.165) is 29.0 Å². The minimum Gasteiger partial charge on any atom is -0.481 e. The second-order valence-electron chi connectivity index (χ2n) is 12.9. The molecule has 0 spiro atoms. The standard InChI is InChI=1S/C38H28N2O14S3/c41-30(42)10-5-15-55(46,47)23-13-14-26(28(17-23)56(48,49)50)39-27-18-29(57(51,52)53)35-33-31(24-8-3-4-9-25(24)36(43)32(27)33)34(37(44)40-35)38(45)54-19-20-11-12-21-6-1-2-7-22(21)16-20/h1-4,6-9,11-14,16-18,39H,5,10,15,19H2,(H,40,44)(H,41,42)(H,48,49,50)(H,51,52,53). The van der Waals surface area contributed by atoms with Crippen molar-refractivity contribution in [3.63, 3.8) is 0 Å². The molecule has 0 saturated heterocycles. The zero-order chi connectivity index (χ0) is 41.0. The number of esters is 1. The Labute approximate surface area is 323 Å². The van der Waals surface area contributed by atoms with Crippen LogP contribution in [0.25, 0.3) is 32.8 Å². The highest BCUT2D eigenvalue weighted by atomic mass is 32.2. The monoisotopic (exact) mass is 832 g/mol. The van der Waals surface area contributed by atoms with Crippen molar-refractivity contribution in [2.45, 2.75) is 34.1 Å². The molecule has 292 valence electrons. The second kappa shape index (κ2) is 14.4. The molecule has 7 rings (SSSR count). The molecule has 0 bridgehead atoms. The third-order valence-corrected chi connectivity index (χ3v) is 12.8. The summed E-state index contributed by atoms with van der Waals surface area (Å²) in [7, 11) is -14.8. The third kappa shape index (κ3) is 7.41. The number of ether oxygens (including phenoxy) is 1. The van der Waals surface area contributed by atoms with Gasteiger partial charge in [0.25, 0.3) is 25.8 Å². The number of H-pyrrole nitrogens is 1. The van der Waals surface area contributed by atoms with E-state index in [-0.39, 0.29) is 35.1 Å². The van der Waals surface area contributed by atoms with Gasteiger partial charge in [-0.3, -0.25) is 23.5 Å². The summed E-state index contributed by atoms with van der Waals surface area (Å²) in [4.78, 5) is 52.6. The molecule has 5 aromatic carbocycles. The lowest BCUT2D eigenvalue weighted by molar-refractivity contribution is -0.137. The van der Waals surface area contributed by atoms with Crippen molar-refractivity contribution in [2.75, 3.05) is 11.1 Å². The van der Waals surface area contributed by atoms with Crippen LogP contribution in [0.15, 0.2) is 110 Å². The Kier molecular flexibility index (Phi) is 9.82. The Balaban J connectivity index is 1.42. The average Bonchev–Trinajstić information content (AvgIpc) is 3.14. The van der Waals surface area contributed by atoms with Gasteiger partial charge in [0.05, 0.1) is 33.1 Å².